The van der Waals surface area contributed by atoms with Crippen molar-refractivity contribution in [1.82, 2.24) is 20.6 Å². The highest BCUT2D eigenvalue weighted by Crippen LogP contribution is 2.19. The zero-order valence-corrected chi connectivity index (χ0v) is 20.5. The van der Waals surface area contributed by atoms with E-state index in [0.717, 1.165) is 22.4 Å². The number of halogens is 4. The van der Waals surface area contributed by atoms with Gasteiger partial charge in [-0.05, 0) is 31.5 Å². The molecular weight excluding hydrogens is 550 g/mol. The summed E-state index contributed by atoms with van der Waals surface area (Å²) in [5, 5.41) is 6.30. The van der Waals surface area contributed by atoms with E-state index in [1.54, 1.807) is 12.3 Å². The van der Waals surface area contributed by atoms with Crippen LogP contribution in [-0.2, 0) is 13.1 Å². The predicted molar refractivity (Wildman–Crippen MR) is 130 cm³/mol. The van der Waals surface area contributed by atoms with Gasteiger partial charge in [0.25, 0.3) is 0 Å². The van der Waals surface area contributed by atoms with Crippen molar-refractivity contribution >= 4 is 29.9 Å². The van der Waals surface area contributed by atoms with E-state index < -0.39 is 12.8 Å². The Morgan fingerprint density at radius 1 is 1.12 bits per heavy atom. The van der Waals surface area contributed by atoms with E-state index in [1.807, 2.05) is 38.1 Å². The second-order valence-electron chi connectivity index (χ2n) is 6.97. The van der Waals surface area contributed by atoms with Crippen molar-refractivity contribution in [1.29, 1.82) is 0 Å². The van der Waals surface area contributed by atoms with Crippen LogP contribution in [0.15, 0.2) is 58.3 Å². The average molecular weight is 575 g/mol. The van der Waals surface area contributed by atoms with Crippen LogP contribution < -0.4 is 15.4 Å². The van der Waals surface area contributed by atoms with Gasteiger partial charge in [0.1, 0.15) is 6.26 Å². The molecule has 2 aromatic heterocycles. The minimum absolute atomic E-state index is 0. The van der Waals surface area contributed by atoms with Gasteiger partial charge in [0.2, 0.25) is 11.8 Å². The van der Waals surface area contributed by atoms with E-state index in [-0.39, 0.29) is 36.4 Å². The molecule has 2 heterocycles. The summed E-state index contributed by atoms with van der Waals surface area (Å²) >= 11 is 0. The standard InChI is InChI=1S/C22H24F3N5O2.HI/c1-3-26-21(28-11-16-6-9-19(27-10-16)32-14-22(23,24)25)29-12-18-13-31-20(30-18)17-7-4-15(2)5-8-17;/h4-10,13H,3,11-12,14H2,1-2H3,(H2,26,28,29);1H. The third-order valence-electron chi connectivity index (χ3n) is 4.23. The lowest BCUT2D eigenvalue weighted by Gasteiger charge is -2.10. The number of hydrogen-bond acceptors (Lipinski definition) is 5. The Balaban J connectivity index is 0.00000385. The lowest BCUT2D eigenvalue weighted by Crippen LogP contribution is -2.36. The molecule has 178 valence electrons. The molecule has 1 aromatic carbocycles. The Bertz CT molecular complexity index is 1020. The van der Waals surface area contributed by atoms with Crippen LogP contribution in [0.25, 0.3) is 11.5 Å². The number of aromatic nitrogens is 2. The largest absolute Gasteiger partial charge is 0.468 e. The number of benzene rings is 1. The van der Waals surface area contributed by atoms with Gasteiger partial charge in [0.15, 0.2) is 12.6 Å². The number of hydrogen-bond donors (Lipinski definition) is 2. The zero-order valence-electron chi connectivity index (χ0n) is 18.1. The number of nitrogens with one attached hydrogen (secondary N) is 2. The van der Waals surface area contributed by atoms with Crippen LogP contribution in [0, 0.1) is 6.92 Å². The Labute approximate surface area is 206 Å². The predicted octanol–water partition coefficient (Wildman–Crippen LogP) is 4.86. The van der Waals surface area contributed by atoms with E-state index in [0.29, 0.717) is 24.9 Å². The number of ether oxygens (including phenoxy) is 1. The number of nitrogens with zero attached hydrogens (tertiary/aromatic N) is 3. The molecule has 0 bridgehead atoms. The molecule has 0 amide bonds. The molecule has 0 aliphatic heterocycles. The fraction of sp³-hybridized carbons (Fsp3) is 0.318. The van der Waals surface area contributed by atoms with Crippen LogP contribution in [-0.4, -0.2) is 35.3 Å². The van der Waals surface area contributed by atoms with Gasteiger partial charge >= 0.3 is 6.18 Å². The third kappa shape index (κ3) is 8.91. The molecule has 11 heteroatoms. The monoisotopic (exact) mass is 575 g/mol. The Morgan fingerprint density at radius 2 is 1.88 bits per heavy atom. The van der Waals surface area contributed by atoms with Crippen molar-refractivity contribution in [3.63, 3.8) is 0 Å². The number of alkyl halides is 3. The van der Waals surface area contributed by atoms with Gasteiger partial charge in [-0.2, -0.15) is 13.2 Å². The maximum Gasteiger partial charge on any atom is 0.422 e. The maximum atomic E-state index is 12.2. The van der Waals surface area contributed by atoms with Crippen molar-refractivity contribution in [3.05, 3.63) is 65.7 Å². The number of aryl methyl sites for hydroxylation is 1. The highest BCUT2D eigenvalue weighted by molar-refractivity contribution is 14.0. The summed E-state index contributed by atoms with van der Waals surface area (Å²) in [6, 6.07) is 10.9. The van der Waals surface area contributed by atoms with Gasteiger partial charge in [0.05, 0.1) is 18.8 Å². The summed E-state index contributed by atoms with van der Waals surface area (Å²) in [6.45, 7) is 3.93. The Hall–Kier alpha value is -2.83. The van der Waals surface area contributed by atoms with Crippen LogP contribution in [0.1, 0.15) is 23.7 Å². The van der Waals surface area contributed by atoms with Crippen LogP contribution in [0.5, 0.6) is 5.88 Å². The molecular formula is C22H25F3IN5O2. The summed E-state index contributed by atoms with van der Waals surface area (Å²) in [7, 11) is 0. The first-order chi connectivity index (χ1) is 15.3. The minimum atomic E-state index is -4.40. The normalized spacial score (nSPS) is 11.6. The second kappa shape index (κ2) is 12.4. The first kappa shape index (κ1) is 26.4. The quantitative estimate of drug-likeness (QED) is 0.227. The summed E-state index contributed by atoms with van der Waals surface area (Å²) in [4.78, 5) is 12.8. The van der Waals surface area contributed by atoms with Crippen molar-refractivity contribution < 1.29 is 22.3 Å². The van der Waals surface area contributed by atoms with Crippen LogP contribution in [0.4, 0.5) is 13.2 Å². The van der Waals surface area contributed by atoms with Gasteiger partial charge in [-0.3, -0.25) is 0 Å². The summed E-state index contributed by atoms with van der Waals surface area (Å²) in [5.74, 6) is 1.02. The lowest BCUT2D eigenvalue weighted by molar-refractivity contribution is -0.154. The summed E-state index contributed by atoms with van der Waals surface area (Å²) in [6.07, 6.45) is -1.37. The van der Waals surface area contributed by atoms with E-state index in [9.17, 15) is 13.2 Å². The van der Waals surface area contributed by atoms with Crippen molar-refractivity contribution in [3.8, 4) is 17.3 Å². The fourth-order valence-corrected chi connectivity index (χ4v) is 2.65. The smallest absolute Gasteiger partial charge is 0.422 e. The number of oxazole rings is 1. The number of rotatable bonds is 8. The number of guanidine groups is 1. The topological polar surface area (TPSA) is 84.6 Å². The summed E-state index contributed by atoms with van der Waals surface area (Å²) in [5.41, 5.74) is 3.51. The van der Waals surface area contributed by atoms with Gasteiger partial charge in [0, 0.05) is 24.4 Å². The Kier molecular flexibility index (Phi) is 9.95. The first-order valence-corrected chi connectivity index (χ1v) is 10.0. The minimum Gasteiger partial charge on any atom is -0.468 e. The fourth-order valence-electron chi connectivity index (χ4n) is 2.65. The van der Waals surface area contributed by atoms with E-state index in [4.69, 9.17) is 4.42 Å². The number of pyridine rings is 1. The summed E-state index contributed by atoms with van der Waals surface area (Å²) < 4.78 is 46.8. The molecule has 2 N–H and O–H groups in total. The van der Waals surface area contributed by atoms with Gasteiger partial charge in [-0.1, -0.05) is 23.8 Å². The Morgan fingerprint density at radius 3 is 2.52 bits per heavy atom. The van der Waals surface area contributed by atoms with Crippen LogP contribution in [0.2, 0.25) is 0 Å². The molecule has 3 aromatic rings. The molecule has 0 fully saturated rings. The van der Waals surface area contributed by atoms with Crippen molar-refractivity contribution in [2.45, 2.75) is 33.1 Å². The van der Waals surface area contributed by atoms with E-state index in [1.165, 1.54) is 12.3 Å². The van der Waals surface area contributed by atoms with Crippen molar-refractivity contribution in [2.75, 3.05) is 13.2 Å². The highest BCUT2D eigenvalue weighted by Gasteiger charge is 2.28. The zero-order chi connectivity index (χ0) is 23.0. The van der Waals surface area contributed by atoms with Crippen LogP contribution >= 0.6 is 24.0 Å². The molecule has 0 spiro atoms. The molecule has 0 aliphatic carbocycles. The van der Waals surface area contributed by atoms with Gasteiger partial charge < -0.3 is 19.8 Å². The highest BCUT2D eigenvalue weighted by atomic mass is 127. The van der Waals surface area contributed by atoms with E-state index in [2.05, 4.69) is 30.3 Å². The molecule has 3 rings (SSSR count). The third-order valence-corrected chi connectivity index (χ3v) is 4.23. The van der Waals surface area contributed by atoms with Gasteiger partial charge in [-0.15, -0.1) is 24.0 Å². The second-order valence-corrected chi connectivity index (χ2v) is 6.97. The van der Waals surface area contributed by atoms with Crippen LogP contribution in [0.3, 0.4) is 0 Å². The molecule has 33 heavy (non-hydrogen) atoms. The van der Waals surface area contributed by atoms with Crippen molar-refractivity contribution in [2.24, 2.45) is 4.99 Å². The number of aliphatic imine (C=N–C) groups is 1. The van der Waals surface area contributed by atoms with Gasteiger partial charge in [-0.25, -0.2) is 15.0 Å². The average Bonchev–Trinajstić information content (AvgIpc) is 3.24. The van der Waals surface area contributed by atoms with E-state index >= 15 is 0 Å². The first-order valence-electron chi connectivity index (χ1n) is 10.0. The molecule has 7 nitrogen and oxygen atoms in total. The molecule has 0 atom stereocenters. The molecule has 0 aliphatic rings. The lowest BCUT2D eigenvalue weighted by atomic mass is 10.1. The molecule has 0 radical (unpaired) electrons. The SMILES string of the molecule is CCNC(=NCc1ccc(OCC(F)(F)F)nc1)NCc1coc(-c2ccc(C)cc2)n1.I. The molecule has 0 saturated carbocycles. The maximum absolute atomic E-state index is 12.2. The molecule has 0 unspecified atom stereocenters. The molecule has 0 saturated heterocycles.